The Hall–Kier alpha value is -4.48. The Morgan fingerprint density at radius 1 is 1.05 bits per heavy atom. The van der Waals surface area contributed by atoms with Crippen molar-refractivity contribution in [3.8, 4) is 11.5 Å². The first-order valence-electron chi connectivity index (χ1n) is 13.3. The molecule has 42 heavy (non-hydrogen) atoms. The number of rotatable bonds is 6. The van der Waals surface area contributed by atoms with Gasteiger partial charge in [0.15, 0.2) is 0 Å². The molecule has 1 fully saturated rings. The number of piperazine rings is 1. The van der Waals surface area contributed by atoms with Crippen molar-refractivity contribution in [2.75, 3.05) is 43.7 Å². The number of carboxylic acids is 1. The molecule has 2 aliphatic rings. The van der Waals surface area contributed by atoms with E-state index in [9.17, 15) is 23.1 Å². The number of ether oxygens (including phenoxy) is 2. The van der Waals surface area contributed by atoms with Crippen LogP contribution >= 0.6 is 0 Å². The maximum absolute atomic E-state index is 15.2. The minimum absolute atomic E-state index is 0.0184. The van der Waals surface area contributed by atoms with E-state index in [2.05, 4.69) is 9.89 Å². The van der Waals surface area contributed by atoms with E-state index in [-0.39, 0.29) is 34.7 Å². The molecule has 5 rings (SSSR count). The molecule has 222 valence electrons. The topological polar surface area (TPSA) is 77.8 Å². The number of alkyl halides is 3. The quantitative estimate of drug-likeness (QED) is 0.350. The standard InChI is InChI=1S/C30H30F4N4O4/c1-18-17-36(12-13-37(18)20-6-4-7-21(15-20)41-2)29-35-28-22(8-5-9-23(28)31)24(16-27(39)40)38(29)25-14-19(30(32,33)34)10-11-26(25)42-3/h4-11,14-15,18,24H,12-13,16-17H2,1-3H3,(H,39,40)/t18-,24+/m1/s1. The summed E-state index contributed by atoms with van der Waals surface area (Å²) in [5.41, 5.74) is 0.194. The highest BCUT2D eigenvalue weighted by molar-refractivity contribution is 6.02. The van der Waals surface area contributed by atoms with Crippen LogP contribution in [-0.2, 0) is 11.0 Å². The molecule has 0 saturated carbocycles. The number of methoxy groups -OCH3 is 2. The number of para-hydroxylation sites is 1. The average Bonchev–Trinajstić information content (AvgIpc) is 2.96. The lowest BCUT2D eigenvalue weighted by atomic mass is 9.96. The molecular formula is C30H30F4N4O4. The summed E-state index contributed by atoms with van der Waals surface area (Å²) in [5, 5.41) is 9.88. The smallest absolute Gasteiger partial charge is 0.416 e. The molecule has 2 atom stereocenters. The molecule has 0 aliphatic carbocycles. The second kappa shape index (κ2) is 11.4. The molecule has 2 heterocycles. The Labute approximate surface area is 240 Å². The van der Waals surface area contributed by atoms with Crippen LogP contribution in [0.15, 0.2) is 65.7 Å². The highest BCUT2D eigenvalue weighted by atomic mass is 19.4. The molecule has 0 spiro atoms. The van der Waals surface area contributed by atoms with Gasteiger partial charge in [0.2, 0.25) is 5.96 Å². The molecule has 0 aromatic heterocycles. The fraction of sp³-hybridized carbons (Fsp3) is 0.333. The second-order valence-corrected chi connectivity index (χ2v) is 10.1. The lowest BCUT2D eigenvalue weighted by Gasteiger charge is -2.47. The Morgan fingerprint density at radius 2 is 1.81 bits per heavy atom. The van der Waals surface area contributed by atoms with E-state index in [0.717, 1.165) is 17.8 Å². The van der Waals surface area contributed by atoms with Crippen molar-refractivity contribution in [1.29, 1.82) is 0 Å². The summed E-state index contributed by atoms with van der Waals surface area (Å²) < 4.78 is 67.6. The Bertz CT molecular complexity index is 1510. The van der Waals surface area contributed by atoms with Crippen LogP contribution in [0.1, 0.15) is 30.5 Å². The van der Waals surface area contributed by atoms with Crippen molar-refractivity contribution in [2.45, 2.75) is 31.6 Å². The third-order valence-electron chi connectivity index (χ3n) is 7.54. The number of aliphatic imine (C=N–C) groups is 1. The zero-order chi connectivity index (χ0) is 30.2. The fourth-order valence-corrected chi connectivity index (χ4v) is 5.58. The van der Waals surface area contributed by atoms with Crippen molar-refractivity contribution in [2.24, 2.45) is 4.99 Å². The molecule has 2 aliphatic heterocycles. The first kappa shape index (κ1) is 29.0. The molecule has 0 radical (unpaired) electrons. The molecule has 3 aromatic carbocycles. The maximum atomic E-state index is 15.2. The minimum Gasteiger partial charge on any atom is -0.497 e. The summed E-state index contributed by atoms with van der Waals surface area (Å²) in [6, 6.07) is 13.7. The Balaban J connectivity index is 1.63. The van der Waals surface area contributed by atoms with Crippen LogP contribution in [0.2, 0.25) is 0 Å². The van der Waals surface area contributed by atoms with Crippen molar-refractivity contribution < 1.29 is 36.9 Å². The molecule has 3 aromatic rings. The third kappa shape index (κ3) is 5.53. The summed E-state index contributed by atoms with van der Waals surface area (Å²) in [4.78, 5) is 22.2. The number of carbonyl (C=O) groups is 1. The summed E-state index contributed by atoms with van der Waals surface area (Å²) >= 11 is 0. The lowest BCUT2D eigenvalue weighted by Crippen LogP contribution is -2.58. The van der Waals surface area contributed by atoms with E-state index in [1.165, 1.54) is 30.2 Å². The van der Waals surface area contributed by atoms with Crippen molar-refractivity contribution in [1.82, 2.24) is 4.90 Å². The summed E-state index contributed by atoms with van der Waals surface area (Å²) in [7, 11) is 2.91. The number of nitrogens with zero attached hydrogens (tertiary/aromatic N) is 4. The monoisotopic (exact) mass is 586 g/mol. The summed E-state index contributed by atoms with van der Waals surface area (Å²) in [6.07, 6.45) is -5.19. The second-order valence-electron chi connectivity index (χ2n) is 10.1. The number of carboxylic acid groups (broad SMARTS) is 1. The minimum atomic E-state index is -4.67. The predicted molar refractivity (Wildman–Crippen MR) is 150 cm³/mol. The zero-order valence-corrected chi connectivity index (χ0v) is 23.2. The van der Waals surface area contributed by atoms with Crippen LogP contribution in [0, 0.1) is 5.82 Å². The van der Waals surface area contributed by atoms with Crippen LogP contribution in [-0.4, -0.2) is 61.8 Å². The van der Waals surface area contributed by atoms with Gasteiger partial charge in [0.05, 0.1) is 37.9 Å². The van der Waals surface area contributed by atoms with Crippen LogP contribution in [0.5, 0.6) is 11.5 Å². The molecule has 0 bridgehead atoms. The van der Waals surface area contributed by atoms with E-state index < -0.39 is 36.0 Å². The third-order valence-corrected chi connectivity index (χ3v) is 7.54. The van der Waals surface area contributed by atoms with E-state index >= 15 is 4.39 Å². The van der Waals surface area contributed by atoms with Gasteiger partial charge in [-0.2, -0.15) is 13.2 Å². The normalized spacial score (nSPS) is 18.8. The molecule has 1 saturated heterocycles. The number of aliphatic carboxylic acids is 1. The first-order chi connectivity index (χ1) is 20.0. The SMILES string of the molecule is COc1cccc(N2CCN(C3=Nc4c(F)cccc4[C@H](CC(=O)O)N3c3cc(C(F)(F)F)ccc3OC)C[C@H]2C)c1. The van der Waals surface area contributed by atoms with Gasteiger partial charge < -0.3 is 29.3 Å². The largest absolute Gasteiger partial charge is 0.497 e. The number of benzene rings is 3. The Kier molecular flexibility index (Phi) is 7.89. The molecule has 8 nitrogen and oxygen atoms in total. The molecular weight excluding hydrogens is 556 g/mol. The Morgan fingerprint density at radius 3 is 2.48 bits per heavy atom. The van der Waals surface area contributed by atoms with Gasteiger partial charge in [0.1, 0.15) is 23.0 Å². The van der Waals surface area contributed by atoms with Gasteiger partial charge in [-0.15, -0.1) is 0 Å². The highest BCUT2D eigenvalue weighted by Gasteiger charge is 2.41. The van der Waals surface area contributed by atoms with Crippen molar-refractivity contribution in [3.05, 3.63) is 77.6 Å². The average molecular weight is 587 g/mol. The summed E-state index contributed by atoms with van der Waals surface area (Å²) in [5.74, 6) is -0.921. The highest BCUT2D eigenvalue weighted by Crippen LogP contribution is 2.46. The zero-order valence-electron chi connectivity index (χ0n) is 23.2. The number of guanidine groups is 1. The van der Waals surface area contributed by atoms with Gasteiger partial charge in [-0.3, -0.25) is 4.79 Å². The fourth-order valence-electron chi connectivity index (χ4n) is 5.58. The van der Waals surface area contributed by atoms with Gasteiger partial charge in [-0.05, 0) is 43.3 Å². The van der Waals surface area contributed by atoms with Crippen molar-refractivity contribution >= 4 is 29.0 Å². The molecule has 1 N–H and O–H groups in total. The molecule has 12 heteroatoms. The van der Waals surface area contributed by atoms with Gasteiger partial charge >= 0.3 is 12.1 Å². The number of hydrogen-bond donors (Lipinski definition) is 1. The number of hydrogen-bond acceptors (Lipinski definition) is 7. The maximum Gasteiger partial charge on any atom is 0.416 e. The molecule has 0 amide bonds. The first-order valence-corrected chi connectivity index (χ1v) is 13.3. The summed E-state index contributed by atoms with van der Waals surface area (Å²) in [6.45, 7) is 3.25. The number of anilines is 2. The van der Waals surface area contributed by atoms with Gasteiger partial charge in [-0.25, -0.2) is 9.38 Å². The molecule has 0 unspecified atom stereocenters. The van der Waals surface area contributed by atoms with Crippen LogP contribution in [0.25, 0.3) is 0 Å². The van der Waals surface area contributed by atoms with Gasteiger partial charge in [0, 0.05) is 43.0 Å². The van der Waals surface area contributed by atoms with Crippen LogP contribution in [0.4, 0.5) is 34.6 Å². The van der Waals surface area contributed by atoms with E-state index in [4.69, 9.17) is 9.47 Å². The predicted octanol–water partition coefficient (Wildman–Crippen LogP) is 6.10. The van der Waals surface area contributed by atoms with Crippen LogP contribution in [0.3, 0.4) is 0 Å². The lowest BCUT2D eigenvalue weighted by molar-refractivity contribution is -0.138. The number of fused-ring (bicyclic) bond motifs is 1. The van der Waals surface area contributed by atoms with Crippen LogP contribution < -0.4 is 19.3 Å². The number of halogens is 4. The van der Waals surface area contributed by atoms with E-state index in [1.54, 1.807) is 13.2 Å². The van der Waals surface area contributed by atoms with E-state index in [1.807, 2.05) is 36.1 Å². The van der Waals surface area contributed by atoms with Gasteiger partial charge in [0.25, 0.3) is 0 Å². The van der Waals surface area contributed by atoms with E-state index in [0.29, 0.717) is 25.4 Å². The van der Waals surface area contributed by atoms with Gasteiger partial charge in [-0.1, -0.05) is 18.2 Å². The van der Waals surface area contributed by atoms with Crippen molar-refractivity contribution in [3.63, 3.8) is 0 Å².